The van der Waals surface area contributed by atoms with Gasteiger partial charge in [0.05, 0.1) is 7.11 Å². The lowest BCUT2D eigenvalue weighted by molar-refractivity contribution is -0.155. The lowest BCUT2D eigenvalue weighted by Crippen LogP contribution is -2.24. The fourth-order valence-electron chi connectivity index (χ4n) is 1.36. The zero-order valence-corrected chi connectivity index (χ0v) is 10.6. The minimum atomic E-state index is -0.592. The van der Waals surface area contributed by atoms with E-state index >= 15 is 0 Å². The fraction of sp³-hybridized carbons (Fsp3) is 0.385. The van der Waals surface area contributed by atoms with E-state index in [1.807, 2.05) is 42.3 Å². The van der Waals surface area contributed by atoms with Crippen molar-refractivity contribution in [3.8, 4) is 0 Å². The summed E-state index contributed by atoms with van der Waals surface area (Å²) in [5.74, 6) is -1.17. The Morgan fingerprint density at radius 3 is 2.44 bits per heavy atom. The van der Waals surface area contributed by atoms with Gasteiger partial charge in [0.25, 0.3) is 0 Å². The molecule has 0 spiro atoms. The minimum Gasteiger partial charge on any atom is -0.469 e. The fourth-order valence-corrected chi connectivity index (χ4v) is 1.36. The molecular formula is C13H17NO4. The van der Waals surface area contributed by atoms with Crippen molar-refractivity contribution in [1.29, 1.82) is 0 Å². The third kappa shape index (κ3) is 5.45. The number of carbonyl (C=O) groups excluding carboxylic acids is 2. The third-order valence-corrected chi connectivity index (χ3v) is 2.26. The van der Waals surface area contributed by atoms with Crippen LogP contribution in [0.2, 0.25) is 0 Å². The maximum absolute atomic E-state index is 11.2. The number of rotatable bonds is 6. The summed E-state index contributed by atoms with van der Waals surface area (Å²) in [7, 11) is 3.07. The van der Waals surface area contributed by atoms with Gasteiger partial charge in [0.2, 0.25) is 0 Å². The van der Waals surface area contributed by atoms with Crippen LogP contribution in [-0.2, 0) is 25.6 Å². The van der Waals surface area contributed by atoms with Gasteiger partial charge < -0.3 is 9.47 Å². The van der Waals surface area contributed by atoms with Crippen LogP contribution in [0.1, 0.15) is 12.0 Å². The van der Waals surface area contributed by atoms with Gasteiger partial charge in [-0.05, 0) is 12.6 Å². The normalized spacial score (nSPS) is 10.2. The van der Waals surface area contributed by atoms with Gasteiger partial charge in [0, 0.05) is 6.54 Å². The highest BCUT2D eigenvalue weighted by Crippen LogP contribution is 2.02. The number of esters is 2. The van der Waals surface area contributed by atoms with Gasteiger partial charge in [-0.25, -0.2) is 0 Å². The van der Waals surface area contributed by atoms with Gasteiger partial charge in [-0.3, -0.25) is 14.5 Å². The summed E-state index contributed by atoms with van der Waals surface area (Å²) < 4.78 is 9.30. The average molecular weight is 251 g/mol. The predicted molar refractivity (Wildman–Crippen MR) is 65.5 cm³/mol. The molecule has 0 radical (unpaired) electrons. The molecule has 0 saturated carbocycles. The molecule has 0 atom stereocenters. The van der Waals surface area contributed by atoms with E-state index in [2.05, 4.69) is 4.74 Å². The second kappa shape index (κ2) is 7.45. The molecule has 0 aromatic heterocycles. The molecule has 0 unspecified atom stereocenters. The van der Waals surface area contributed by atoms with Crippen LogP contribution in [-0.4, -0.2) is 37.7 Å². The first-order chi connectivity index (χ1) is 8.61. The van der Waals surface area contributed by atoms with Crippen molar-refractivity contribution in [2.75, 3.05) is 20.9 Å². The van der Waals surface area contributed by atoms with Crippen LogP contribution in [0.4, 0.5) is 0 Å². The summed E-state index contributed by atoms with van der Waals surface area (Å²) >= 11 is 0. The molecular weight excluding hydrogens is 234 g/mol. The molecule has 98 valence electrons. The van der Waals surface area contributed by atoms with Gasteiger partial charge in [0.15, 0.2) is 0 Å². The maximum Gasteiger partial charge on any atom is 0.318 e. The van der Waals surface area contributed by atoms with E-state index in [4.69, 9.17) is 4.74 Å². The summed E-state index contributed by atoms with van der Waals surface area (Å²) in [6, 6.07) is 9.83. The van der Waals surface area contributed by atoms with E-state index in [-0.39, 0.29) is 13.2 Å². The highest BCUT2D eigenvalue weighted by atomic mass is 16.6. The number of nitrogens with zero attached hydrogens (tertiary/aromatic N) is 1. The first-order valence-electron chi connectivity index (χ1n) is 5.56. The molecule has 0 fully saturated rings. The minimum absolute atomic E-state index is 0.144. The number of benzene rings is 1. The van der Waals surface area contributed by atoms with E-state index in [0.29, 0.717) is 6.54 Å². The first kappa shape index (κ1) is 14.2. The Bertz CT molecular complexity index is 391. The number of carbonyl (C=O) groups is 2. The smallest absolute Gasteiger partial charge is 0.318 e. The Hall–Kier alpha value is -1.88. The van der Waals surface area contributed by atoms with E-state index < -0.39 is 11.9 Å². The molecule has 5 nitrogen and oxygen atoms in total. The largest absolute Gasteiger partial charge is 0.469 e. The van der Waals surface area contributed by atoms with Crippen LogP contribution in [0.3, 0.4) is 0 Å². The first-order valence-corrected chi connectivity index (χ1v) is 5.56. The quantitative estimate of drug-likeness (QED) is 0.432. The van der Waals surface area contributed by atoms with Crippen LogP contribution < -0.4 is 0 Å². The molecule has 0 bridgehead atoms. The molecule has 0 aliphatic carbocycles. The highest BCUT2D eigenvalue weighted by Gasteiger charge is 2.11. The van der Waals surface area contributed by atoms with E-state index in [9.17, 15) is 9.59 Å². The molecule has 1 aromatic rings. The van der Waals surface area contributed by atoms with Crippen LogP contribution in [0.5, 0.6) is 0 Å². The molecule has 0 aliphatic rings. The molecule has 18 heavy (non-hydrogen) atoms. The SMILES string of the molecule is COC(=O)CC(=O)OCN(C)Cc1ccccc1. The standard InChI is InChI=1S/C13H17NO4/c1-14(9-11-6-4-3-5-7-11)10-18-13(16)8-12(15)17-2/h3-7H,8-10H2,1-2H3. The summed E-state index contributed by atoms with van der Waals surface area (Å²) in [5, 5.41) is 0. The van der Waals surface area contributed by atoms with Crippen molar-refractivity contribution < 1.29 is 19.1 Å². The van der Waals surface area contributed by atoms with Crippen molar-refractivity contribution in [2.45, 2.75) is 13.0 Å². The topological polar surface area (TPSA) is 55.8 Å². The molecule has 1 rings (SSSR count). The molecule has 0 amide bonds. The van der Waals surface area contributed by atoms with Crippen LogP contribution in [0.25, 0.3) is 0 Å². The summed E-state index contributed by atoms with van der Waals surface area (Å²) in [4.78, 5) is 23.9. The van der Waals surface area contributed by atoms with Gasteiger partial charge in [-0.15, -0.1) is 0 Å². The molecule has 0 aliphatic heterocycles. The molecule has 1 aromatic carbocycles. The molecule has 0 heterocycles. The maximum atomic E-state index is 11.2. The van der Waals surface area contributed by atoms with Gasteiger partial charge in [-0.1, -0.05) is 30.3 Å². The zero-order chi connectivity index (χ0) is 13.4. The number of hydrogen-bond acceptors (Lipinski definition) is 5. The number of ether oxygens (including phenoxy) is 2. The summed E-state index contributed by atoms with van der Waals surface area (Å²) in [6.07, 6.45) is -0.352. The zero-order valence-electron chi connectivity index (χ0n) is 10.6. The van der Waals surface area contributed by atoms with Crippen molar-refractivity contribution in [3.05, 3.63) is 35.9 Å². The van der Waals surface area contributed by atoms with Gasteiger partial charge in [0.1, 0.15) is 13.2 Å². The van der Waals surface area contributed by atoms with E-state index in [1.54, 1.807) is 0 Å². The lowest BCUT2D eigenvalue weighted by Gasteiger charge is -2.16. The van der Waals surface area contributed by atoms with Gasteiger partial charge in [-0.2, -0.15) is 0 Å². The van der Waals surface area contributed by atoms with Crippen molar-refractivity contribution >= 4 is 11.9 Å². The predicted octanol–water partition coefficient (Wildman–Crippen LogP) is 1.18. The Morgan fingerprint density at radius 2 is 1.83 bits per heavy atom. The highest BCUT2D eigenvalue weighted by molar-refractivity contribution is 5.91. The van der Waals surface area contributed by atoms with Crippen molar-refractivity contribution in [3.63, 3.8) is 0 Å². The monoisotopic (exact) mass is 251 g/mol. The summed E-state index contributed by atoms with van der Waals surface area (Å²) in [6.45, 7) is 0.817. The van der Waals surface area contributed by atoms with Crippen LogP contribution in [0.15, 0.2) is 30.3 Å². The Balaban J connectivity index is 2.27. The summed E-state index contributed by atoms with van der Waals surface area (Å²) in [5.41, 5.74) is 1.13. The van der Waals surface area contributed by atoms with Gasteiger partial charge >= 0.3 is 11.9 Å². The van der Waals surface area contributed by atoms with Crippen molar-refractivity contribution in [2.24, 2.45) is 0 Å². The molecule has 5 heteroatoms. The molecule has 0 saturated heterocycles. The average Bonchev–Trinajstić information content (AvgIpc) is 2.37. The second-order valence-electron chi connectivity index (χ2n) is 3.90. The molecule has 0 N–H and O–H groups in total. The Morgan fingerprint density at radius 1 is 1.17 bits per heavy atom. The van der Waals surface area contributed by atoms with Crippen molar-refractivity contribution in [1.82, 2.24) is 4.90 Å². The Kier molecular flexibility index (Phi) is 5.87. The second-order valence-corrected chi connectivity index (χ2v) is 3.90. The van der Waals surface area contributed by atoms with E-state index in [0.717, 1.165) is 5.56 Å². The third-order valence-electron chi connectivity index (χ3n) is 2.26. The Labute approximate surface area is 106 Å². The van der Waals surface area contributed by atoms with Crippen LogP contribution in [0, 0.1) is 0 Å². The van der Waals surface area contributed by atoms with E-state index in [1.165, 1.54) is 7.11 Å². The number of methoxy groups -OCH3 is 1. The number of hydrogen-bond donors (Lipinski definition) is 0. The lowest BCUT2D eigenvalue weighted by atomic mass is 10.2. The van der Waals surface area contributed by atoms with Crippen LogP contribution >= 0.6 is 0 Å².